The van der Waals surface area contributed by atoms with Crippen molar-refractivity contribution in [1.29, 1.82) is 0 Å². The predicted molar refractivity (Wildman–Crippen MR) is 358 cm³/mol. The fourth-order valence-corrected chi connectivity index (χ4v) is 11.9. The van der Waals surface area contributed by atoms with Gasteiger partial charge in [0, 0.05) is 19.3 Å². The maximum Gasteiger partial charge on any atom is 0.306 e. The molecule has 1 atom stereocenters. The number of allylic oxidation sites excluding steroid dienone is 2. The zero-order valence-corrected chi connectivity index (χ0v) is 56.1. The number of hydrogen-bond acceptors (Lipinski definition) is 6. The van der Waals surface area contributed by atoms with Crippen LogP contribution in [0.1, 0.15) is 438 Å². The molecule has 0 saturated carbocycles. The Hall–Kier alpha value is -1.85. The summed E-state index contributed by atoms with van der Waals surface area (Å²) in [6.45, 7) is 6.71. The van der Waals surface area contributed by atoms with Crippen LogP contribution in [0.15, 0.2) is 12.2 Å². The lowest BCUT2D eigenvalue weighted by Gasteiger charge is -2.18. The molecular weight excluding hydrogens is 1010 g/mol. The highest BCUT2D eigenvalue weighted by atomic mass is 16.6. The summed E-state index contributed by atoms with van der Waals surface area (Å²) < 4.78 is 17.0. The third kappa shape index (κ3) is 68.9. The van der Waals surface area contributed by atoms with Crippen LogP contribution in [0.5, 0.6) is 0 Å². The van der Waals surface area contributed by atoms with Gasteiger partial charge in [0.1, 0.15) is 13.2 Å². The molecule has 0 N–H and O–H groups in total. The number of hydrogen-bond donors (Lipinski definition) is 0. The van der Waals surface area contributed by atoms with Gasteiger partial charge in [0.05, 0.1) is 0 Å². The molecule has 0 fully saturated rings. The summed E-state index contributed by atoms with van der Waals surface area (Å²) in [6.07, 6.45) is 87.2. The first-order valence-corrected chi connectivity index (χ1v) is 37.7. The zero-order valence-electron chi connectivity index (χ0n) is 56.1. The molecule has 0 bridgehead atoms. The first-order chi connectivity index (χ1) is 40.5. The molecule has 6 nitrogen and oxygen atoms in total. The van der Waals surface area contributed by atoms with Crippen LogP contribution < -0.4 is 0 Å². The topological polar surface area (TPSA) is 78.9 Å². The minimum Gasteiger partial charge on any atom is -0.462 e. The number of carbonyl (C=O) groups is 3. The second-order valence-electron chi connectivity index (χ2n) is 25.9. The Labute approximate surface area is 513 Å². The lowest BCUT2D eigenvalue weighted by atomic mass is 10.0. The van der Waals surface area contributed by atoms with Crippen LogP contribution in [0.3, 0.4) is 0 Å². The minimum atomic E-state index is -0.764. The SMILES string of the molecule is CCCCCCCCCC/C=C\CCCCCCCCCCCCCCCCCCCCCCCC(=O)OCC(COC(=O)CCCCCCCCCCC)OC(=O)CCCCCCCCCCCCCCCCCCCCCCCC. The second kappa shape index (κ2) is 71.6. The number of esters is 3. The standard InChI is InChI=1S/C76H146O6/c1-4-7-10-13-16-19-21-23-25-27-29-31-33-34-35-36-37-38-39-40-41-42-43-45-46-48-50-52-54-57-60-63-66-69-75(78)81-72-73(71-80-74(77)68-65-62-59-56-18-15-12-9-6-3)82-76(79)70-67-64-61-58-55-53-51-49-47-44-32-30-28-26-24-22-20-17-14-11-8-5-2/h27,29,73H,4-26,28,30-72H2,1-3H3/b29-27-. The second-order valence-corrected chi connectivity index (χ2v) is 25.9. The van der Waals surface area contributed by atoms with Crippen molar-refractivity contribution in [2.75, 3.05) is 13.2 Å². The van der Waals surface area contributed by atoms with Gasteiger partial charge >= 0.3 is 17.9 Å². The molecule has 0 amide bonds. The smallest absolute Gasteiger partial charge is 0.306 e. The molecule has 1 unspecified atom stereocenters. The summed E-state index contributed by atoms with van der Waals surface area (Å²) in [5.41, 5.74) is 0. The van der Waals surface area contributed by atoms with Crippen LogP contribution >= 0.6 is 0 Å². The van der Waals surface area contributed by atoms with Gasteiger partial charge in [-0.3, -0.25) is 14.4 Å². The van der Waals surface area contributed by atoms with Crippen molar-refractivity contribution < 1.29 is 28.6 Å². The van der Waals surface area contributed by atoms with Crippen molar-refractivity contribution in [1.82, 2.24) is 0 Å². The van der Waals surface area contributed by atoms with Crippen LogP contribution in [-0.4, -0.2) is 37.2 Å². The average molecular weight is 1160 g/mol. The van der Waals surface area contributed by atoms with Crippen LogP contribution in [0.2, 0.25) is 0 Å². The molecule has 0 spiro atoms. The van der Waals surface area contributed by atoms with Gasteiger partial charge in [-0.1, -0.05) is 386 Å². The predicted octanol–water partition coefficient (Wildman–Crippen LogP) is 26.0. The molecule has 0 radical (unpaired) electrons. The maximum absolute atomic E-state index is 12.9. The van der Waals surface area contributed by atoms with Crippen LogP contribution in [0.25, 0.3) is 0 Å². The summed E-state index contributed by atoms with van der Waals surface area (Å²) >= 11 is 0. The van der Waals surface area contributed by atoms with E-state index in [-0.39, 0.29) is 31.1 Å². The number of rotatable bonds is 71. The molecule has 0 aliphatic rings. The van der Waals surface area contributed by atoms with Gasteiger partial charge in [-0.15, -0.1) is 0 Å². The summed E-state index contributed by atoms with van der Waals surface area (Å²) in [5.74, 6) is -0.828. The van der Waals surface area contributed by atoms with Gasteiger partial charge in [0.2, 0.25) is 0 Å². The highest BCUT2D eigenvalue weighted by molar-refractivity contribution is 5.71. The fourth-order valence-electron chi connectivity index (χ4n) is 11.9. The van der Waals surface area contributed by atoms with E-state index in [1.54, 1.807) is 0 Å². The van der Waals surface area contributed by atoms with E-state index < -0.39 is 6.10 Å². The van der Waals surface area contributed by atoms with E-state index in [1.165, 1.54) is 340 Å². The Kier molecular flexibility index (Phi) is 70.0. The zero-order chi connectivity index (χ0) is 59.2. The highest BCUT2D eigenvalue weighted by Crippen LogP contribution is 2.20. The summed E-state index contributed by atoms with van der Waals surface area (Å²) in [5, 5.41) is 0. The summed E-state index contributed by atoms with van der Waals surface area (Å²) in [7, 11) is 0. The molecule has 0 aliphatic heterocycles. The third-order valence-corrected chi connectivity index (χ3v) is 17.5. The van der Waals surface area contributed by atoms with Gasteiger partial charge in [-0.25, -0.2) is 0 Å². The lowest BCUT2D eigenvalue weighted by molar-refractivity contribution is -0.167. The fraction of sp³-hybridized carbons (Fsp3) is 0.934. The van der Waals surface area contributed by atoms with Gasteiger partial charge in [-0.2, -0.15) is 0 Å². The Morgan fingerprint density at radius 3 is 0.610 bits per heavy atom. The van der Waals surface area contributed by atoms with Crippen molar-refractivity contribution >= 4 is 17.9 Å². The van der Waals surface area contributed by atoms with Gasteiger partial charge < -0.3 is 14.2 Å². The molecular formula is C76H146O6. The van der Waals surface area contributed by atoms with Crippen LogP contribution in [-0.2, 0) is 28.6 Å². The molecule has 6 heteroatoms. The highest BCUT2D eigenvalue weighted by Gasteiger charge is 2.20. The van der Waals surface area contributed by atoms with E-state index in [4.69, 9.17) is 14.2 Å². The molecule has 82 heavy (non-hydrogen) atoms. The van der Waals surface area contributed by atoms with E-state index in [0.717, 1.165) is 57.8 Å². The summed E-state index contributed by atoms with van der Waals surface area (Å²) in [4.78, 5) is 38.3. The van der Waals surface area contributed by atoms with E-state index in [0.29, 0.717) is 19.3 Å². The summed E-state index contributed by atoms with van der Waals surface area (Å²) in [6, 6.07) is 0. The van der Waals surface area contributed by atoms with Crippen molar-refractivity contribution in [3.63, 3.8) is 0 Å². The molecule has 0 aromatic rings. The van der Waals surface area contributed by atoms with E-state index in [2.05, 4.69) is 32.9 Å². The van der Waals surface area contributed by atoms with Crippen LogP contribution in [0, 0.1) is 0 Å². The van der Waals surface area contributed by atoms with Crippen LogP contribution in [0.4, 0.5) is 0 Å². The van der Waals surface area contributed by atoms with Gasteiger partial charge in [-0.05, 0) is 44.9 Å². The first kappa shape index (κ1) is 80.2. The molecule has 0 aliphatic carbocycles. The van der Waals surface area contributed by atoms with E-state index in [1.807, 2.05) is 0 Å². The van der Waals surface area contributed by atoms with Crippen molar-refractivity contribution in [3.8, 4) is 0 Å². The Bertz CT molecular complexity index is 1280. The first-order valence-electron chi connectivity index (χ1n) is 37.7. The van der Waals surface area contributed by atoms with Crippen molar-refractivity contribution in [2.24, 2.45) is 0 Å². The Morgan fingerprint density at radius 1 is 0.232 bits per heavy atom. The van der Waals surface area contributed by atoms with Crippen molar-refractivity contribution in [3.05, 3.63) is 12.2 Å². The quantitative estimate of drug-likeness (QED) is 0.0261. The number of carbonyl (C=O) groups excluding carboxylic acids is 3. The minimum absolute atomic E-state index is 0.0619. The normalized spacial score (nSPS) is 12.0. The third-order valence-electron chi connectivity index (χ3n) is 17.5. The number of ether oxygens (including phenoxy) is 3. The number of unbranched alkanes of at least 4 members (excludes halogenated alkanes) is 58. The molecule has 0 aromatic heterocycles. The van der Waals surface area contributed by atoms with E-state index >= 15 is 0 Å². The monoisotopic (exact) mass is 1160 g/mol. The molecule has 486 valence electrons. The Balaban J connectivity index is 4.00. The molecule has 0 rings (SSSR count). The maximum atomic E-state index is 12.9. The van der Waals surface area contributed by atoms with Gasteiger partial charge in [0.25, 0.3) is 0 Å². The largest absolute Gasteiger partial charge is 0.462 e. The Morgan fingerprint density at radius 2 is 0.402 bits per heavy atom. The molecule has 0 aromatic carbocycles. The average Bonchev–Trinajstić information content (AvgIpc) is 3.48. The van der Waals surface area contributed by atoms with E-state index in [9.17, 15) is 14.4 Å². The molecule has 0 saturated heterocycles. The van der Waals surface area contributed by atoms with Crippen molar-refractivity contribution in [2.45, 2.75) is 444 Å². The lowest BCUT2D eigenvalue weighted by Crippen LogP contribution is -2.30. The van der Waals surface area contributed by atoms with Gasteiger partial charge in [0.15, 0.2) is 6.10 Å². The molecule has 0 heterocycles.